The summed E-state index contributed by atoms with van der Waals surface area (Å²) in [7, 11) is -1.65. The number of amides is 2. The fraction of sp³-hybridized carbons (Fsp3) is 0.300. The molecule has 4 N–H and O–H groups in total. The van der Waals surface area contributed by atoms with Gasteiger partial charge in [-0.15, -0.1) is 0 Å². The molecule has 3 rings (SSSR count). The van der Waals surface area contributed by atoms with E-state index in [4.69, 9.17) is 0 Å². The van der Waals surface area contributed by atoms with Crippen LogP contribution in [0.1, 0.15) is 33.6 Å². The molecule has 0 radical (unpaired) electrons. The number of hydrogen-bond acceptors (Lipinski definition) is 5. The van der Waals surface area contributed by atoms with E-state index in [1.807, 2.05) is 0 Å². The van der Waals surface area contributed by atoms with Gasteiger partial charge in [-0.1, -0.05) is 18.2 Å². The summed E-state index contributed by atoms with van der Waals surface area (Å²) >= 11 is 0. The molecule has 1 aliphatic rings. The van der Waals surface area contributed by atoms with Crippen LogP contribution in [0.15, 0.2) is 48.5 Å². The third-order valence-electron chi connectivity index (χ3n) is 4.88. The van der Waals surface area contributed by atoms with Gasteiger partial charge in [-0.25, -0.2) is 0 Å². The zero-order valence-corrected chi connectivity index (χ0v) is 15.4. The number of aliphatic hydroxyl groups is 1. The lowest BCUT2D eigenvalue weighted by Crippen LogP contribution is -2.40. The second kappa shape index (κ2) is 9.01. The Morgan fingerprint density at radius 1 is 1.11 bits per heavy atom. The van der Waals surface area contributed by atoms with Crippen LogP contribution in [-0.4, -0.2) is 58.7 Å². The van der Waals surface area contributed by atoms with Gasteiger partial charge in [0.2, 0.25) is 0 Å². The van der Waals surface area contributed by atoms with E-state index in [0.717, 1.165) is 12.8 Å². The Balaban J connectivity index is 1.72. The van der Waals surface area contributed by atoms with Crippen LogP contribution < -0.4 is 10.8 Å². The van der Waals surface area contributed by atoms with Crippen LogP contribution in [-0.2, 0) is 0 Å². The summed E-state index contributed by atoms with van der Waals surface area (Å²) in [5.74, 6) is -0.431. The molecule has 0 bridgehead atoms. The minimum atomic E-state index is -1.65. The summed E-state index contributed by atoms with van der Waals surface area (Å²) in [6.45, 7) is 1.26. The number of benzene rings is 2. The van der Waals surface area contributed by atoms with Crippen molar-refractivity contribution in [2.45, 2.75) is 12.8 Å². The zero-order valence-electron chi connectivity index (χ0n) is 15.4. The third-order valence-corrected chi connectivity index (χ3v) is 4.88. The summed E-state index contributed by atoms with van der Waals surface area (Å²) in [6.07, 6.45) is 1.78. The van der Waals surface area contributed by atoms with Crippen molar-refractivity contribution >= 4 is 30.1 Å². The maximum Gasteiger partial charge on any atom is 0.488 e. The summed E-state index contributed by atoms with van der Waals surface area (Å²) in [5.41, 5.74) is 1.45. The molecule has 146 valence electrons. The second-order valence-corrected chi connectivity index (χ2v) is 6.98. The molecule has 2 amide bonds. The number of rotatable bonds is 5. The first-order valence-electron chi connectivity index (χ1n) is 9.25. The van der Waals surface area contributed by atoms with E-state index >= 15 is 0 Å². The van der Waals surface area contributed by atoms with E-state index in [9.17, 15) is 24.7 Å². The van der Waals surface area contributed by atoms with Gasteiger partial charge in [0.05, 0.1) is 0 Å². The summed E-state index contributed by atoms with van der Waals surface area (Å²) in [5, 5.41) is 30.6. The van der Waals surface area contributed by atoms with Crippen LogP contribution in [0.4, 0.5) is 5.69 Å². The lowest BCUT2D eigenvalue weighted by atomic mass is 9.79. The van der Waals surface area contributed by atoms with E-state index < -0.39 is 13.0 Å². The van der Waals surface area contributed by atoms with Gasteiger partial charge in [0.25, 0.3) is 11.8 Å². The highest BCUT2D eigenvalue weighted by atomic mass is 16.4. The Morgan fingerprint density at radius 3 is 2.61 bits per heavy atom. The van der Waals surface area contributed by atoms with Crippen LogP contribution in [0.5, 0.6) is 0 Å². The Kier molecular flexibility index (Phi) is 6.46. The lowest BCUT2D eigenvalue weighted by Gasteiger charge is -2.32. The van der Waals surface area contributed by atoms with Crippen molar-refractivity contribution in [2.75, 3.05) is 25.0 Å². The molecular formula is C20H23BN2O5. The molecule has 0 spiro atoms. The van der Waals surface area contributed by atoms with Crippen LogP contribution in [0.2, 0.25) is 0 Å². The number of aliphatic hydroxyl groups excluding tert-OH is 1. The smallest absolute Gasteiger partial charge is 0.423 e. The lowest BCUT2D eigenvalue weighted by molar-refractivity contribution is 0.0620. The highest BCUT2D eigenvalue weighted by molar-refractivity contribution is 6.58. The predicted octanol–water partition coefficient (Wildman–Crippen LogP) is 0.463. The molecule has 0 aromatic heterocycles. The average Bonchev–Trinajstić information content (AvgIpc) is 2.73. The maximum atomic E-state index is 12.8. The maximum absolute atomic E-state index is 12.8. The zero-order chi connectivity index (χ0) is 20.1. The molecule has 8 heteroatoms. The highest BCUT2D eigenvalue weighted by Crippen LogP contribution is 2.20. The molecule has 28 heavy (non-hydrogen) atoms. The average molecular weight is 382 g/mol. The Morgan fingerprint density at radius 2 is 1.86 bits per heavy atom. The van der Waals surface area contributed by atoms with E-state index in [2.05, 4.69) is 5.32 Å². The molecule has 1 unspecified atom stereocenters. The van der Waals surface area contributed by atoms with Crippen molar-refractivity contribution in [3.05, 3.63) is 59.7 Å². The highest BCUT2D eigenvalue weighted by Gasteiger charge is 2.24. The number of anilines is 1. The quantitative estimate of drug-likeness (QED) is 0.562. The van der Waals surface area contributed by atoms with Crippen LogP contribution in [0.25, 0.3) is 0 Å². The summed E-state index contributed by atoms with van der Waals surface area (Å²) in [4.78, 5) is 27.0. The SMILES string of the molecule is O=C(Nc1cccc(C(=O)N2CCCC(CO)C2)c1)c1cccc(B(O)O)c1. The molecule has 1 heterocycles. The molecule has 0 aliphatic carbocycles. The number of nitrogens with zero attached hydrogens (tertiary/aromatic N) is 1. The van der Waals surface area contributed by atoms with Crippen molar-refractivity contribution in [1.29, 1.82) is 0 Å². The fourth-order valence-electron chi connectivity index (χ4n) is 3.35. The van der Waals surface area contributed by atoms with Gasteiger partial charge in [-0.2, -0.15) is 0 Å². The van der Waals surface area contributed by atoms with Crippen molar-refractivity contribution in [3.63, 3.8) is 0 Å². The molecule has 1 atom stereocenters. The van der Waals surface area contributed by atoms with Gasteiger partial charge in [0.1, 0.15) is 0 Å². The number of piperidine rings is 1. The van der Waals surface area contributed by atoms with Gasteiger partial charge in [-0.3, -0.25) is 9.59 Å². The number of carbonyl (C=O) groups is 2. The van der Waals surface area contributed by atoms with Gasteiger partial charge in [-0.05, 0) is 54.6 Å². The first kappa shape index (κ1) is 20.1. The first-order valence-corrected chi connectivity index (χ1v) is 9.25. The minimum Gasteiger partial charge on any atom is -0.423 e. The van der Waals surface area contributed by atoms with Crippen LogP contribution in [0.3, 0.4) is 0 Å². The van der Waals surface area contributed by atoms with Crippen molar-refractivity contribution in [3.8, 4) is 0 Å². The molecule has 0 saturated carbocycles. The fourth-order valence-corrected chi connectivity index (χ4v) is 3.35. The van der Waals surface area contributed by atoms with E-state index in [1.54, 1.807) is 41.3 Å². The largest absolute Gasteiger partial charge is 0.488 e. The molecule has 1 aliphatic heterocycles. The summed E-state index contributed by atoms with van der Waals surface area (Å²) < 4.78 is 0. The third kappa shape index (κ3) is 4.78. The Labute approximate surface area is 163 Å². The number of nitrogens with one attached hydrogen (secondary N) is 1. The normalized spacial score (nSPS) is 16.5. The monoisotopic (exact) mass is 382 g/mol. The number of carbonyl (C=O) groups excluding carboxylic acids is 2. The molecule has 2 aromatic carbocycles. The predicted molar refractivity (Wildman–Crippen MR) is 106 cm³/mol. The van der Waals surface area contributed by atoms with Crippen LogP contribution >= 0.6 is 0 Å². The van der Waals surface area contributed by atoms with Gasteiger partial charge >= 0.3 is 7.12 Å². The van der Waals surface area contributed by atoms with Crippen molar-refractivity contribution < 1.29 is 24.7 Å². The van der Waals surface area contributed by atoms with E-state index in [-0.39, 0.29) is 29.5 Å². The van der Waals surface area contributed by atoms with Gasteiger partial charge in [0, 0.05) is 36.5 Å². The van der Waals surface area contributed by atoms with E-state index in [1.165, 1.54) is 12.1 Å². The Hall–Kier alpha value is -2.68. The minimum absolute atomic E-state index is 0.0709. The Bertz CT molecular complexity index is 858. The number of likely N-dealkylation sites (tertiary alicyclic amines) is 1. The van der Waals surface area contributed by atoms with Crippen molar-refractivity contribution in [1.82, 2.24) is 4.90 Å². The summed E-state index contributed by atoms with van der Waals surface area (Å²) in [6, 6.07) is 12.8. The molecule has 1 saturated heterocycles. The van der Waals surface area contributed by atoms with Crippen molar-refractivity contribution in [2.24, 2.45) is 5.92 Å². The second-order valence-electron chi connectivity index (χ2n) is 6.98. The van der Waals surface area contributed by atoms with Gasteiger partial charge in [0.15, 0.2) is 0 Å². The van der Waals surface area contributed by atoms with Crippen LogP contribution in [0, 0.1) is 5.92 Å². The topological polar surface area (TPSA) is 110 Å². The molecule has 7 nitrogen and oxygen atoms in total. The molecular weight excluding hydrogens is 359 g/mol. The van der Waals surface area contributed by atoms with Gasteiger partial charge < -0.3 is 25.4 Å². The molecule has 1 fully saturated rings. The molecule has 2 aromatic rings. The van der Waals surface area contributed by atoms with E-state index in [0.29, 0.717) is 24.3 Å². The number of hydrogen-bond donors (Lipinski definition) is 4. The first-order chi connectivity index (χ1) is 13.5. The standard InChI is InChI=1S/C20H23BN2O5/c24-13-14-4-3-9-23(12-14)20(26)16-6-2-8-18(11-16)22-19(25)15-5-1-7-17(10-15)21(27)28/h1-2,5-8,10-11,14,24,27-28H,3-4,9,12-13H2,(H,22,25).